The van der Waals surface area contributed by atoms with E-state index in [0.29, 0.717) is 21.2 Å². The molecule has 3 rings (SSSR count). The molecule has 2 aromatic carbocycles. The second kappa shape index (κ2) is 6.71. The molecular weight excluding hydrogens is 365 g/mol. The molecule has 1 aliphatic rings. The highest BCUT2D eigenvalue weighted by atomic mass is 35.5. The highest BCUT2D eigenvalue weighted by molar-refractivity contribution is 8.16. The summed E-state index contributed by atoms with van der Waals surface area (Å²) in [5.74, 6) is 0.0437. The topological polar surface area (TPSA) is 40.5 Å². The fourth-order valence-electron chi connectivity index (χ4n) is 2.71. The van der Waals surface area contributed by atoms with E-state index in [4.69, 9.17) is 23.2 Å². The van der Waals surface area contributed by atoms with Crippen molar-refractivity contribution in [2.24, 2.45) is 0 Å². The molecule has 0 saturated carbocycles. The zero-order valence-corrected chi connectivity index (χ0v) is 15.5. The van der Waals surface area contributed by atoms with E-state index in [-0.39, 0.29) is 17.4 Å². The fourth-order valence-corrected chi connectivity index (χ4v) is 3.92. The number of hydrogen-bond acceptors (Lipinski definition) is 4. The number of benzene rings is 2. The zero-order valence-electron chi connectivity index (χ0n) is 13.1. The lowest BCUT2D eigenvalue weighted by atomic mass is 9.95. The molecule has 0 unspecified atom stereocenters. The van der Waals surface area contributed by atoms with Gasteiger partial charge in [0, 0.05) is 27.7 Å². The van der Waals surface area contributed by atoms with Crippen molar-refractivity contribution in [2.75, 3.05) is 10.8 Å². The summed E-state index contributed by atoms with van der Waals surface area (Å²) >= 11 is 13.2. The van der Waals surface area contributed by atoms with Crippen LogP contribution in [0, 0.1) is 13.8 Å². The van der Waals surface area contributed by atoms with Crippen LogP contribution in [0.1, 0.15) is 16.7 Å². The average Bonchev–Trinajstić information content (AvgIpc) is 2.54. The summed E-state index contributed by atoms with van der Waals surface area (Å²) in [5, 5.41) is 11.5. The van der Waals surface area contributed by atoms with Crippen LogP contribution in [-0.4, -0.2) is 16.8 Å². The van der Waals surface area contributed by atoms with Gasteiger partial charge >= 0.3 is 0 Å². The summed E-state index contributed by atoms with van der Waals surface area (Å²) in [6.07, 6.45) is 0. The minimum Gasteiger partial charge on any atom is -0.510 e. The summed E-state index contributed by atoms with van der Waals surface area (Å²) in [4.78, 5) is 12.7. The predicted octanol–water partition coefficient (Wildman–Crippen LogP) is 5.57. The van der Waals surface area contributed by atoms with Crippen molar-refractivity contribution in [3.8, 4) is 0 Å². The Kier molecular flexibility index (Phi) is 4.81. The third kappa shape index (κ3) is 3.14. The number of rotatable bonds is 2. The highest BCUT2D eigenvalue weighted by Crippen LogP contribution is 2.39. The second-order valence-electron chi connectivity index (χ2n) is 5.58. The van der Waals surface area contributed by atoms with Gasteiger partial charge in [-0.3, -0.25) is 4.79 Å². The molecule has 0 aliphatic carbocycles. The Labute approximate surface area is 155 Å². The van der Waals surface area contributed by atoms with Gasteiger partial charge in [0.05, 0.1) is 12.1 Å². The van der Waals surface area contributed by atoms with Crippen molar-refractivity contribution in [3.63, 3.8) is 0 Å². The number of aliphatic hydroxyl groups excluding tert-OH is 1. The van der Waals surface area contributed by atoms with E-state index >= 15 is 0 Å². The van der Waals surface area contributed by atoms with Crippen molar-refractivity contribution in [3.05, 3.63) is 68.9 Å². The summed E-state index contributed by atoms with van der Waals surface area (Å²) in [7, 11) is 0. The van der Waals surface area contributed by atoms with Gasteiger partial charge in [0.1, 0.15) is 5.76 Å². The molecule has 1 heterocycles. The van der Waals surface area contributed by atoms with E-state index < -0.39 is 0 Å². The molecule has 0 saturated heterocycles. The number of halogens is 2. The molecular formula is C18H15Cl2NO2S. The number of nitrogens with zero attached hydrogens (tertiary/aromatic N) is 1. The van der Waals surface area contributed by atoms with Crippen LogP contribution in [0.5, 0.6) is 0 Å². The lowest BCUT2D eigenvalue weighted by Crippen LogP contribution is -2.27. The minimum atomic E-state index is -0.206. The number of aryl methyl sites for hydroxylation is 1. The van der Waals surface area contributed by atoms with Crippen molar-refractivity contribution < 1.29 is 9.90 Å². The SMILES string of the molecule is Cc1ccc(Cl)c(C)c1C1=C(O)CN(c2ccc(Cl)cc2)SC1=O. The summed E-state index contributed by atoms with van der Waals surface area (Å²) in [5.41, 5.74) is 3.57. The standard InChI is InChI=1S/C18H15Cl2NO2S/c1-10-3-8-14(20)11(2)16(10)17-15(22)9-21(24-18(17)23)13-6-4-12(19)5-7-13/h3-8,22H,9H2,1-2H3. The Bertz CT molecular complexity index is 847. The first-order valence-electron chi connectivity index (χ1n) is 7.32. The van der Waals surface area contributed by atoms with Gasteiger partial charge < -0.3 is 9.41 Å². The van der Waals surface area contributed by atoms with E-state index in [1.54, 1.807) is 22.5 Å². The van der Waals surface area contributed by atoms with Gasteiger partial charge in [0.25, 0.3) is 0 Å². The van der Waals surface area contributed by atoms with Crippen LogP contribution in [0.15, 0.2) is 42.2 Å². The largest absolute Gasteiger partial charge is 0.510 e. The number of aliphatic hydroxyl groups is 1. The number of hydrogen-bond donors (Lipinski definition) is 1. The molecule has 0 fully saturated rings. The first kappa shape index (κ1) is 17.2. The maximum atomic E-state index is 12.7. The van der Waals surface area contributed by atoms with Gasteiger partial charge in [-0.05, 0) is 60.9 Å². The Hall–Kier alpha value is -1.62. The van der Waals surface area contributed by atoms with Gasteiger partial charge in [-0.1, -0.05) is 29.3 Å². The van der Waals surface area contributed by atoms with Crippen molar-refractivity contribution in [1.29, 1.82) is 0 Å². The van der Waals surface area contributed by atoms with Crippen LogP contribution in [0.25, 0.3) is 5.57 Å². The zero-order chi connectivity index (χ0) is 17.4. The van der Waals surface area contributed by atoms with E-state index in [0.717, 1.165) is 28.8 Å². The van der Waals surface area contributed by atoms with Crippen LogP contribution in [0.2, 0.25) is 10.0 Å². The van der Waals surface area contributed by atoms with Crippen LogP contribution in [-0.2, 0) is 4.79 Å². The van der Waals surface area contributed by atoms with E-state index in [1.165, 1.54) is 0 Å². The summed E-state index contributed by atoms with van der Waals surface area (Å²) in [6, 6.07) is 10.8. The molecule has 0 aromatic heterocycles. The first-order valence-corrected chi connectivity index (χ1v) is 8.85. The molecule has 24 heavy (non-hydrogen) atoms. The Balaban J connectivity index is 2.02. The lowest BCUT2D eigenvalue weighted by molar-refractivity contribution is -0.106. The molecule has 124 valence electrons. The lowest BCUT2D eigenvalue weighted by Gasteiger charge is -2.28. The highest BCUT2D eigenvalue weighted by Gasteiger charge is 2.30. The average molecular weight is 380 g/mol. The van der Waals surface area contributed by atoms with Crippen LogP contribution >= 0.6 is 35.1 Å². The Morgan fingerprint density at radius 1 is 1.08 bits per heavy atom. The van der Waals surface area contributed by atoms with E-state index in [2.05, 4.69) is 0 Å². The first-order chi connectivity index (χ1) is 11.4. The third-order valence-electron chi connectivity index (χ3n) is 3.95. The van der Waals surface area contributed by atoms with Crippen molar-refractivity contribution in [2.45, 2.75) is 13.8 Å². The quantitative estimate of drug-likeness (QED) is 0.691. The number of carbonyl (C=O) groups excluding carboxylic acids is 1. The summed E-state index contributed by atoms with van der Waals surface area (Å²) < 4.78 is 1.74. The molecule has 0 radical (unpaired) electrons. The molecule has 6 heteroatoms. The van der Waals surface area contributed by atoms with Crippen molar-refractivity contribution >= 4 is 51.5 Å². The third-order valence-corrected chi connectivity index (χ3v) is 5.54. The molecule has 0 spiro atoms. The van der Waals surface area contributed by atoms with E-state index in [9.17, 15) is 9.90 Å². The predicted molar refractivity (Wildman–Crippen MR) is 102 cm³/mol. The van der Waals surface area contributed by atoms with Crippen molar-refractivity contribution in [1.82, 2.24) is 0 Å². The molecule has 1 aliphatic heterocycles. The maximum absolute atomic E-state index is 12.7. The van der Waals surface area contributed by atoms with Gasteiger partial charge in [0.15, 0.2) is 0 Å². The van der Waals surface area contributed by atoms with Gasteiger partial charge in [-0.25, -0.2) is 0 Å². The van der Waals surface area contributed by atoms with Gasteiger partial charge in [-0.15, -0.1) is 0 Å². The Morgan fingerprint density at radius 2 is 1.75 bits per heavy atom. The molecule has 3 nitrogen and oxygen atoms in total. The normalized spacial score (nSPS) is 15.2. The van der Waals surface area contributed by atoms with Gasteiger partial charge in [0.2, 0.25) is 5.12 Å². The molecule has 1 N–H and O–H groups in total. The van der Waals surface area contributed by atoms with E-state index in [1.807, 2.05) is 32.0 Å². The molecule has 2 aromatic rings. The smallest absolute Gasteiger partial charge is 0.243 e. The molecule has 0 bridgehead atoms. The number of anilines is 1. The number of carbonyl (C=O) groups is 1. The van der Waals surface area contributed by atoms with Crippen LogP contribution in [0.3, 0.4) is 0 Å². The molecule has 0 amide bonds. The summed E-state index contributed by atoms with van der Waals surface area (Å²) in [6.45, 7) is 4.00. The maximum Gasteiger partial charge on any atom is 0.243 e. The minimum absolute atomic E-state index is 0.0437. The van der Waals surface area contributed by atoms with Crippen LogP contribution < -0.4 is 4.31 Å². The Morgan fingerprint density at radius 3 is 2.38 bits per heavy atom. The molecule has 0 atom stereocenters. The van der Waals surface area contributed by atoms with Gasteiger partial charge in [-0.2, -0.15) is 0 Å². The van der Waals surface area contributed by atoms with Crippen LogP contribution in [0.4, 0.5) is 5.69 Å². The fraction of sp³-hybridized carbons (Fsp3) is 0.167. The second-order valence-corrected chi connectivity index (χ2v) is 7.42. The monoisotopic (exact) mass is 379 g/mol.